The maximum absolute atomic E-state index is 4.38. The molecule has 0 aromatic carbocycles. The van der Waals surface area contributed by atoms with Crippen molar-refractivity contribution in [3.63, 3.8) is 0 Å². The molecule has 22 heavy (non-hydrogen) atoms. The molecule has 0 bridgehead atoms. The van der Waals surface area contributed by atoms with Gasteiger partial charge in [-0.1, -0.05) is 18.2 Å². The molecule has 1 saturated heterocycles. The third-order valence-electron chi connectivity index (χ3n) is 4.49. The van der Waals surface area contributed by atoms with Gasteiger partial charge in [0.05, 0.1) is 6.04 Å². The summed E-state index contributed by atoms with van der Waals surface area (Å²) in [4.78, 5) is 8.43. The molecule has 2 heterocycles. The molecule has 1 aliphatic heterocycles. The molecule has 0 saturated carbocycles. The summed E-state index contributed by atoms with van der Waals surface area (Å²) in [5.41, 5.74) is 0. The third kappa shape index (κ3) is 3.90. The highest BCUT2D eigenvalue weighted by Gasteiger charge is 2.24. The van der Waals surface area contributed by atoms with E-state index in [2.05, 4.69) is 50.2 Å². The second-order valence-corrected chi connectivity index (χ2v) is 6.99. The van der Waals surface area contributed by atoms with Crippen molar-refractivity contribution in [2.45, 2.75) is 37.8 Å². The molecule has 0 spiro atoms. The Morgan fingerprint density at radius 1 is 1.36 bits per heavy atom. The van der Waals surface area contributed by atoms with Gasteiger partial charge < -0.3 is 10.6 Å². The number of hydrogen-bond acceptors (Lipinski definition) is 3. The van der Waals surface area contributed by atoms with E-state index in [0.29, 0.717) is 12.1 Å². The van der Waals surface area contributed by atoms with Crippen molar-refractivity contribution in [1.82, 2.24) is 15.5 Å². The zero-order chi connectivity index (χ0) is 15.2. The molecule has 1 fully saturated rings. The van der Waals surface area contributed by atoms with E-state index in [1.807, 2.05) is 18.4 Å². The SMILES string of the molecule is CN=C(NCC(c1cccs1)N1CCCC1)NC1CC=CC1. The Morgan fingerprint density at radius 3 is 2.77 bits per heavy atom. The van der Waals surface area contributed by atoms with E-state index in [1.54, 1.807) is 0 Å². The Bertz CT molecular complexity index is 495. The van der Waals surface area contributed by atoms with E-state index in [1.165, 1.54) is 30.8 Å². The number of likely N-dealkylation sites (tertiary alicyclic amines) is 1. The molecule has 2 N–H and O–H groups in total. The third-order valence-corrected chi connectivity index (χ3v) is 5.46. The lowest BCUT2D eigenvalue weighted by Crippen LogP contribution is -2.45. The van der Waals surface area contributed by atoms with Gasteiger partial charge in [-0.3, -0.25) is 9.89 Å². The average Bonchev–Trinajstić information content (AvgIpc) is 3.29. The number of rotatable bonds is 5. The first-order valence-electron chi connectivity index (χ1n) is 8.26. The van der Waals surface area contributed by atoms with Gasteiger partial charge in [-0.05, 0) is 50.2 Å². The summed E-state index contributed by atoms with van der Waals surface area (Å²) in [7, 11) is 1.85. The molecule has 0 amide bonds. The topological polar surface area (TPSA) is 39.7 Å². The Kier molecular flexibility index (Phi) is 5.51. The van der Waals surface area contributed by atoms with Gasteiger partial charge in [0.2, 0.25) is 0 Å². The number of nitrogens with zero attached hydrogens (tertiary/aromatic N) is 2. The molecule has 4 nitrogen and oxygen atoms in total. The van der Waals surface area contributed by atoms with Gasteiger partial charge in [0, 0.05) is 24.5 Å². The van der Waals surface area contributed by atoms with Crippen LogP contribution >= 0.6 is 11.3 Å². The van der Waals surface area contributed by atoms with Crippen LogP contribution in [0, 0.1) is 0 Å². The van der Waals surface area contributed by atoms with Crippen molar-refractivity contribution in [2.75, 3.05) is 26.7 Å². The normalized spacial score (nSPS) is 21.4. The molecule has 1 aromatic heterocycles. The van der Waals surface area contributed by atoms with Gasteiger partial charge in [0.15, 0.2) is 5.96 Å². The highest BCUT2D eigenvalue weighted by Crippen LogP contribution is 2.27. The van der Waals surface area contributed by atoms with Gasteiger partial charge in [-0.25, -0.2) is 0 Å². The Hall–Kier alpha value is -1.33. The lowest BCUT2D eigenvalue weighted by molar-refractivity contribution is 0.249. The van der Waals surface area contributed by atoms with Crippen LogP contribution in [0.15, 0.2) is 34.7 Å². The summed E-state index contributed by atoms with van der Waals surface area (Å²) in [6, 6.07) is 5.37. The van der Waals surface area contributed by atoms with Crippen molar-refractivity contribution in [1.29, 1.82) is 0 Å². The summed E-state index contributed by atoms with van der Waals surface area (Å²) in [6.07, 6.45) is 9.32. The first kappa shape index (κ1) is 15.6. The van der Waals surface area contributed by atoms with Crippen LogP contribution in [-0.2, 0) is 0 Å². The summed E-state index contributed by atoms with van der Waals surface area (Å²) in [6.45, 7) is 3.34. The molecule has 3 rings (SSSR count). The van der Waals surface area contributed by atoms with Crippen molar-refractivity contribution in [2.24, 2.45) is 4.99 Å². The molecular formula is C17H26N4S. The zero-order valence-electron chi connectivity index (χ0n) is 13.3. The summed E-state index contributed by atoms with van der Waals surface area (Å²) < 4.78 is 0. The molecular weight excluding hydrogens is 292 g/mol. The minimum Gasteiger partial charge on any atom is -0.354 e. The van der Waals surface area contributed by atoms with Crippen LogP contribution in [0.4, 0.5) is 0 Å². The van der Waals surface area contributed by atoms with Gasteiger partial charge in [-0.15, -0.1) is 11.3 Å². The molecule has 1 aliphatic carbocycles. The second kappa shape index (κ2) is 7.79. The fourth-order valence-corrected chi connectivity index (χ4v) is 4.12. The predicted octanol–water partition coefficient (Wildman–Crippen LogP) is 2.77. The molecule has 1 aromatic rings. The van der Waals surface area contributed by atoms with Crippen LogP contribution in [0.25, 0.3) is 0 Å². The fourth-order valence-electron chi connectivity index (χ4n) is 3.26. The maximum Gasteiger partial charge on any atom is 0.191 e. The second-order valence-electron chi connectivity index (χ2n) is 6.01. The predicted molar refractivity (Wildman–Crippen MR) is 94.5 cm³/mol. The maximum atomic E-state index is 4.38. The number of thiophene rings is 1. The molecule has 1 unspecified atom stereocenters. The van der Waals surface area contributed by atoms with Gasteiger partial charge in [0.1, 0.15) is 0 Å². The van der Waals surface area contributed by atoms with E-state index >= 15 is 0 Å². The first-order chi connectivity index (χ1) is 10.9. The van der Waals surface area contributed by atoms with Crippen LogP contribution in [0.3, 0.4) is 0 Å². The lowest BCUT2D eigenvalue weighted by atomic mass is 10.2. The van der Waals surface area contributed by atoms with Gasteiger partial charge >= 0.3 is 0 Å². The van der Waals surface area contributed by atoms with Crippen LogP contribution in [0.2, 0.25) is 0 Å². The monoisotopic (exact) mass is 318 g/mol. The largest absolute Gasteiger partial charge is 0.354 e. The van der Waals surface area contributed by atoms with Crippen molar-refractivity contribution in [3.05, 3.63) is 34.5 Å². The fraction of sp³-hybridized carbons (Fsp3) is 0.588. The minimum atomic E-state index is 0.461. The van der Waals surface area contributed by atoms with Crippen LogP contribution in [0.1, 0.15) is 36.6 Å². The number of aliphatic imine (C=N–C) groups is 1. The summed E-state index contributed by atoms with van der Waals surface area (Å²) in [5, 5.41) is 9.23. The first-order valence-corrected chi connectivity index (χ1v) is 9.14. The molecule has 5 heteroatoms. The smallest absolute Gasteiger partial charge is 0.191 e. The van der Waals surface area contributed by atoms with Crippen molar-refractivity contribution in [3.8, 4) is 0 Å². The van der Waals surface area contributed by atoms with Crippen LogP contribution < -0.4 is 10.6 Å². The van der Waals surface area contributed by atoms with E-state index < -0.39 is 0 Å². The van der Waals surface area contributed by atoms with Crippen molar-refractivity contribution >= 4 is 17.3 Å². The van der Waals surface area contributed by atoms with Gasteiger partial charge in [-0.2, -0.15) is 0 Å². The van der Waals surface area contributed by atoms with Crippen LogP contribution in [-0.4, -0.2) is 43.6 Å². The highest BCUT2D eigenvalue weighted by molar-refractivity contribution is 7.10. The quantitative estimate of drug-likeness (QED) is 0.498. The molecule has 1 atom stereocenters. The number of guanidine groups is 1. The molecule has 0 radical (unpaired) electrons. The average molecular weight is 318 g/mol. The Labute approximate surface area is 137 Å². The van der Waals surface area contributed by atoms with E-state index in [0.717, 1.165) is 25.3 Å². The number of nitrogens with one attached hydrogen (secondary N) is 2. The van der Waals surface area contributed by atoms with E-state index in [4.69, 9.17) is 0 Å². The van der Waals surface area contributed by atoms with Gasteiger partial charge in [0.25, 0.3) is 0 Å². The Balaban J connectivity index is 1.57. The Morgan fingerprint density at radius 2 is 2.14 bits per heavy atom. The standard InChI is InChI=1S/C17H26N4S/c1-18-17(20-14-7-2-3-8-14)19-13-15(16-9-6-12-22-16)21-10-4-5-11-21/h2-3,6,9,12,14-15H,4-5,7-8,10-11,13H2,1H3,(H2,18,19,20). The van der Waals surface area contributed by atoms with E-state index in [9.17, 15) is 0 Å². The van der Waals surface area contributed by atoms with Crippen LogP contribution in [0.5, 0.6) is 0 Å². The minimum absolute atomic E-state index is 0.461. The molecule has 120 valence electrons. The lowest BCUT2D eigenvalue weighted by Gasteiger charge is -2.28. The summed E-state index contributed by atoms with van der Waals surface area (Å²) >= 11 is 1.86. The van der Waals surface area contributed by atoms with E-state index in [-0.39, 0.29) is 0 Å². The van der Waals surface area contributed by atoms with Crippen molar-refractivity contribution < 1.29 is 0 Å². The highest BCUT2D eigenvalue weighted by atomic mass is 32.1. The molecule has 2 aliphatic rings. The number of hydrogen-bond donors (Lipinski definition) is 2. The zero-order valence-corrected chi connectivity index (χ0v) is 14.1. The summed E-state index contributed by atoms with van der Waals surface area (Å²) in [5.74, 6) is 0.925.